The van der Waals surface area contributed by atoms with Gasteiger partial charge in [0.15, 0.2) is 0 Å². The lowest BCUT2D eigenvalue weighted by Crippen LogP contribution is -2.14. The number of aryl methyl sites for hydroxylation is 2. The highest BCUT2D eigenvalue weighted by atomic mass is 16.3. The number of benzene rings is 5. The molecule has 0 fully saturated rings. The first-order chi connectivity index (χ1) is 18.8. The van der Waals surface area contributed by atoms with E-state index in [4.69, 9.17) is 4.42 Å². The van der Waals surface area contributed by atoms with E-state index in [1.54, 1.807) is 0 Å². The minimum Gasteiger partial charge on any atom is -0.455 e. The minimum atomic E-state index is 0.0939. The largest absolute Gasteiger partial charge is 0.455 e. The quantitative estimate of drug-likeness (QED) is 0.236. The molecule has 0 aliphatic heterocycles. The normalized spacial score (nSPS) is 12.6. The number of hydrogen-bond acceptors (Lipinski definition) is 2. The van der Waals surface area contributed by atoms with Crippen molar-refractivity contribution in [3.05, 3.63) is 125 Å². The van der Waals surface area contributed by atoms with Crippen LogP contribution in [0.4, 0.5) is 17.1 Å². The van der Waals surface area contributed by atoms with Crippen LogP contribution in [0.1, 0.15) is 48.6 Å². The minimum absolute atomic E-state index is 0.0939. The van der Waals surface area contributed by atoms with E-state index in [-0.39, 0.29) is 5.41 Å². The maximum atomic E-state index is 6.70. The van der Waals surface area contributed by atoms with Gasteiger partial charge >= 0.3 is 0 Å². The standard InChI is InChI=1S/C37H33NO/c1-23-18-24(2)20-29(19-23)38(28-16-14-27(15-17-28)37(3,4)5)32-22-26-21-25-10-6-7-11-30(25)34(26)36-35(32)31-12-8-9-13-33(31)39-36/h6-20,22H,21H2,1-5H3. The third-order valence-corrected chi connectivity index (χ3v) is 8.08. The molecule has 1 aromatic heterocycles. The maximum absolute atomic E-state index is 6.70. The van der Waals surface area contributed by atoms with Crippen LogP contribution in [0.3, 0.4) is 0 Å². The summed E-state index contributed by atoms with van der Waals surface area (Å²) in [7, 11) is 0. The van der Waals surface area contributed by atoms with Crippen LogP contribution in [-0.2, 0) is 11.8 Å². The number of fused-ring (bicyclic) bond motifs is 7. The molecular weight excluding hydrogens is 474 g/mol. The van der Waals surface area contributed by atoms with Gasteiger partial charge in [-0.1, -0.05) is 81.4 Å². The summed E-state index contributed by atoms with van der Waals surface area (Å²) in [5.41, 5.74) is 14.5. The predicted molar refractivity (Wildman–Crippen MR) is 165 cm³/mol. The SMILES string of the molecule is Cc1cc(C)cc(N(c2ccc(C(C)(C)C)cc2)c2cc3c(c4oc5ccccc5c24)-c2ccccc2C3)c1. The summed E-state index contributed by atoms with van der Waals surface area (Å²) in [6, 6.07) is 35.5. The lowest BCUT2D eigenvalue weighted by atomic mass is 9.87. The summed E-state index contributed by atoms with van der Waals surface area (Å²) in [5.74, 6) is 0. The molecule has 0 saturated carbocycles. The summed E-state index contributed by atoms with van der Waals surface area (Å²) in [6.45, 7) is 11.2. The van der Waals surface area contributed by atoms with Gasteiger partial charge in [0.05, 0.1) is 11.1 Å². The second-order valence-electron chi connectivity index (χ2n) is 12.0. The Balaban J connectivity index is 1.57. The number of nitrogens with zero attached hydrogens (tertiary/aromatic N) is 1. The summed E-state index contributed by atoms with van der Waals surface area (Å²) < 4.78 is 6.70. The molecule has 7 rings (SSSR count). The zero-order valence-corrected chi connectivity index (χ0v) is 23.3. The average Bonchev–Trinajstić information content (AvgIpc) is 3.46. The van der Waals surface area contributed by atoms with E-state index in [1.165, 1.54) is 44.3 Å². The predicted octanol–water partition coefficient (Wildman–Crippen LogP) is 10.5. The molecule has 0 bridgehead atoms. The van der Waals surface area contributed by atoms with Crippen molar-refractivity contribution in [2.75, 3.05) is 4.90 Å². The topological polar surface area (TPSA) is 16.4 Å². The molecule has 0 saturated heterocycles. The van der Waals surface area contributed by atoms with Gasteiger partial charge in [-0.15, -0.1) is 0 Å². The molecule has 1 heterocycles. The van der Waals surface area contributed by atoms with Gasteiger partial charge in [-0.25, -0.2) is 0 Å². The molecule has 192 valence electrons. The van der Waals surface area contributed by atoms with Crippen molar-refractivity contribution in [2.45, 2.75) is 46.5 Å². The van der Waals surface area contributed by atoms with Crippen molar-refractivity contribution in [1.29, 1.82) is 0 Å². The average molecular weight is 508 g/mol. The van der Waals surface area contributed by atoms with Crippen LogP contribution in [-0.4, -0.2) is 0 Å². The lowest BCUT2D eigenvalue weighted by Gasteiger charge is -2.29. The van der Waals surface area contributed by atoms with Gasteiger partial charge in [0.2, 0.25) is 0 Å². The van der Waals surface area contributed by atoms with E-state index in [0.29, 0.717) is 0 Å². The first kappa shape index (κ1) is 23.8. The van der Waals surface area contributed by atoms with Crippen molar-refractivity contribution >= 4 is 39.0 Å². The summed E-state index contributed by atoms with van der Waals surface area (Å²) in [6.07, 6.45) is 0.912. The Kier molecular flexibility index (Phi) is 5.25. The summed E-state index contributed by atoms with van der Waals surface area (Å²) in [5, 5.41) is 2.32. The van der Waals surface area contributed by atoms with Gasteiger partial charge in [0, 0.05) is 22.3 Å². The second kappa shape index (κ2) is 8.61. The Morgan fingerprint density at radius 2 is 1.38 bits per heavy atom. The molecule has 1 aliphatic rings. The molecule has 1 aliphatic carbocycles. The lowest BCUT2D eigenvalue weighted by molar-refractivity contribution is 0.590. The zero-order chi connectivity index (χ0) is 26.9. The highest BCUT2D eigenvalue weighted by Crippen LogP contribution is 2.50. The van der Waals surface area contributed by atoms with Crippen molar-refractivity contribution in [3.63, 3.8) is 0 Å². The van der Waals surface area contributed by atoms with Gasteiger partial charge in [-0.3, -0.25) is 0 Å². The smallest absolute Gasteiger partial charge is 0.145 e. The molecule has 6 aromatic rings. The molecule has 0 N–H and O–H groups in total. The molecule has 2 nitrogen and oxygen atoms in total. The van der Waals surface area contributed by atoms with Crippen molar-refractivity contribution < 1.29 is 4.42 Å². The fourth-order valence-corrected chi connectivity index (χ4v) is 6.28. The Morgan fingerprint density at radius 3 is 2.13 bits per heavy atom. The van der Waals surface area contributed by atoms with E-state index < -0.39 is 0 Å². The van der Waals surface area contributed by atoms with E-state index in [9.17, 15) is 0 Å². The molecule has 2 heteroatoms. The monoisotopic (exact) mass is 507 g/mol. The zero-order valence-electron chi connectivity index (χ0n) is 23.3. The van der Waals surface area contributed by atoms with Crippen molar-refractivity contribution in [2.24, 2.45) is 0 Å². The van der Waals surface area contributed by atoms with Crippen LogP contribution >= 0.6 is 0 Å². The molecule has 0 unspecified atom stereocenters. The van der Waals surface area contributed by atoms with Gasteiger partial charge in [0.1, 0.15) is 11.2 Å². The first-order valence-corrected chi connectivity index (χ1v) is 13.8. The molecular formula is C37H33NO. The van der Waals surface area contributed by atoms with E-state index in [0.717, 1.165) is 40.0 Å². The van der Waals surface area contributed by atoms with Gasteiger partial charge in [-0.2, -0.15) is 0 Å². The molecule has 0 radical (unpaired) electrons. The fraction of sp³-hybridized carbons (Fsp3) is 0.189. The summed E-state index contributed by atoms with van der Waals surface area (Å²) in [4.78, 5) is 2.43. The molecule has 0 spiro atoms. The Morgan fingerprint density at radius 1 is 0.692 bits per heavy atom. The Labute approximate surface area is 230 Å². The number of furan rings is 1. The van der Waals surface area contributed by atoms with Crippen LogP contribution in [0.5, 0.6) is 0 Å². The van der Waals surface area contributed by atoms with E-state index in [2.05, 4.69) is 137 Å². The Bertz CT molecular complexity index is 1860. The molecule has 5 aromatic carbocycles. The van der Waals surface area contributed by atoms with Crippen LogP contribution in [0.25, 0.3) is 33.1 Å². The van der Waals surface area contributed by atoms with Crippen LogP contribution < -0.4 is 4.90 Å². The molecule has 39 heavy (non-hydrogen) atoms. The first-order valence-electron chi connectivity index (χ1n) is 13.8. The van der Waals surface area contributed by atoms with Gasteiger partial charge in [0.25, 0.3) is 0 Å². The second-order valence-corrected chi connectivity index (χ2v) is 12.0. The number of hydrogen-bond donors (Lipinski definition) is 0. The van der Waals surface area contributed by atoms with Gasteiger partial charge in [-0.05, 0) is 95.5 Å². The number of para-hydroxylation sites is 1. The maximum Gasteiger partial charge on any atom is 0.145 e. The van der Waals surface area contributed by atoms with Crippen LogP contribution in [0.15, 0.2) is 101 Å². The highest BCUT2D eigenvalue weighted by Gasteiger charge is 2.29. The number of anilines is 3. The van der Waals surface area contributed by atoms with E-state index in [1.807, 2.05) is 0 Å². The number of rotatable bonds is 3. The molecule has 0 amide bonds. The Hall–Kier alpha value is -4.30. The molecule has 0 atom stereocenters. The van der Waals surface area contributed by atoms with Crippen molar-refractivity contribution in [1.82, 2.24) is 0 Å². The fourth-order valence-electron chi connectivity index (χ4n) is 6.28. The third kappa shape index (κ3) is 3.86. The van der Waals surface area contributed by atoms with Gasteiger partial charge < -0.3 is 9.32 Å². The third-order valence-electron chi connectivity index (χ3n) is 8.08. The van der Waals surface area contributed by atoms with E-state index >= 15 is 0 Å². The van der Waals surface area contributed by atoms with Crippen molar-refractivity contribution in [3.8, 4) is 11.1 Å². The van der Waals surface area contributed by atoms with Crippen LogP contribution in [0.2, 0.25) is 0 Å². The summed E-state index contributed by atoms with van der Waals surface area (Å²) >= 11 is 0. The van der Waals surface area contributed by atoms with Crippen LogP contribution in [0, 0.1) is 13.8 Å². The highest BCUT2D eigenvalue weighted by molar-refractivity contribution is 6.18.